The monoisotopic (exact) mass is 412 g/mol. The van der Waals surface area contributed by atoms with Gasteiger partial charge in [-0.15, -0.1) is 0 Å². The Bertz CT molecular complexity index is 889. The van der Waals surface area contributed by atoms with Crippen LogP contribution in [0.1, 0.15) is 0 Å². The Balaban J connectivity index is 1.92. The number of hydrogen-bond donors (Lipinski definition) is 1. The van der Waals surface area contributed by atoms with Gasteiger partial charge in [-0.1, -0.05) is 35.9 Å². The first-order valence-electron chi connectivity index (χ1n) is 8.07. The van der Waals surface area contributed by atoms with Crippen molar-refractivity contribution in [3.63, 3.8) is 0 Å². The highest BCUT2D eigenvalue weighted by Gasteiger charge is 2.22. The van der Waals surface area contributed by atoms with Gasteiger partial charge in [-0.05, 0) is 24.3 Å². The summed E-state index contributed by atoms with van der Waals surface area (Å²) in [4.78, 5) is 12.2. The van der Waals surface area contributed by atoms with Crippen LogP contribution >= 0.6 is 11.6 Å². The average Bonchev–Trinajstić information content (AvgIpc) is 2.63. The number of amides is 1. The van der Waals surface area contributed by atoms with Gasteiger partial charge in [0.15, 0.2) is 11.5 Å². The number of rotatable bonds is 9. The summed E-state index contributed by atoms with van der Waals surface area (Å²) in [5.74, 6) is 0.679. The second-order valence-electron chi connectivity index (χ2n) is 5.57. The van der Waals surface area contributed by atoms with Crippen LogP contribution in [0, 0.1) is 0 Å². The molecule has 2 aromatic rings. The Kier molecular flexibility index (Phi) is 7.32. The zero-order valence-electron chi connectivity index (χ0n) is 15.0. The minimum atomic E-state index is -3.68. The molecule has 0 radical (unpaired) electrons. The van der Waals surface area contributed by atoms with Crippen molar-refractivity contribution in [2.75, 3.05) is 37.4 Å². The summed E-state index contributed by atoms with van der Waals surface area (Å²) in [6, 6.07) is 13.6. The number of methoxy groups -OCH3 is 1. The molecule has 0 bridgehead atoms. The maximum Gasteiger partial charge on any atom is 0.240 e. The van der Waals surface area contributed by atoms with Gasteiger partial charge in [0, 0.05) is 0 Å². The molecule has 0 saturated heterocycles. The second-order valence-corrected chi connectivity index (χ2v) is 7.88. The first kappa shape index (κ1) is 20.9. The molecule has 0 spiro atoms. The van der Waals surface area contributed by atoms with E-state index in [1.54, 1.807) is 43.5 Å². The number of nitrogens with zero attached hydrogens (tertiary/aromatic N) is 1. The highest BCUT2D eigenvalue weighted by Crippen LogP contribution is 2.27. The summed E-state index contributed by atoms with van der Waals surface area (Å²) < 4.78 is 35.8. The summed E-state index contributed by atoms with van der Waals surface area (Å²) in [7, 11) is -2.14. The molecule has 1 amide bonds. The molecule has 0 saturated carbocycles. The summed E-state index contributed by atoms with van der Waals surface area (Å²) >= 11 is 6.06. The first-order valence-corrected chi connectivity index (χ1v) is 10.3. The van der Waals surface area contributed by atoms with Crippen LogP contribution in [0.5, 0.6) is 11.5 Å². The highest BCUT2D eigenvalue weighted by atomic mass is 35.5. The van der Waals surface area contributed by atoms with E-state index >= 15 is 0 Å². The van der Waals surface area contributed by atoms with Crippen LogP contribution < -0.4 is 19.1 Å². The van der Waals surface area contributed by atoms with Crippen LogP contribution in [0.25, 0.3) is 0 Å². The summed E-state index contributed by atoms with van der Waals surface area (Å²) in [5, 5.41) is 2.87. The number of nitrogens with one attached hydrogen (secondary N) is 1. The topological polar surface area (TPSA) is 84.9 Å². The van der Waals surface area contributed by atoms with Gasteiger partial charge in [0.25, 0.3) is 0 Å². The lowest BCUT2D eigenvalue weighted by Crippen LogP contribution is -2.41. The molecule has 2 aromatic carbocycles. The molecule has 0 aliphatic rings. The lowest BCUT2D eigenvalue weighted by atomic mass is 10.3. The number of hydrogen-bond acceptors (Lipinski definition) is 5. The van der Waals surface area contributed by atoms with E-state index in [1.807, 2.05) is 12.1 Å². The standard InChI is InChI=1S/C18H21ClN2O5S/c1-25-16-9-5-6-10-17(16)26-12-11-20-18(22)13-21(27(2,23)24)15-8-4-3-7-14(15)19/h3-10H,11-13H2,1-2H3,(H,20,22). The van der Waals surface area contributed by atoms with E-state index in [2.05, 4.69) is 5.32 Å². The first-order chi connectivity index (χ1) is 12.8. The molecule has 27 heavy (non-hydrogen) atoms. The van der Waals surface area contributed by atoms with Gasteiger partial charge in [0.2, 0.25) is 15.9 Å². The zero-order valence-corrected chi connectivity index (χ0v) is 16.6. The molecule has 0 unspecified atom stereocenters. The fourth-order valence-corrected chi connectivity index (χ4v) is 3.47. The number of carbonyl (C=O) groups is 1. The van der Waals surface area contributed by atoms with Gasteiger partial charge < -0.3 is 14.8 Å². The minimum Gasteiger partial charge on any atom is -0.493 e. The molecular weight excluding hydrogens is 392 g/mol. The largest absolute Gasteiger partial charge is 0.493 e. The predicted octanol–water partition coefficient (Wildman–Crippen LogP) is 2.31. The molecule has 0 aromatic heterocycles. The zero-order chi connectivity index (χ0) is 19.9. The number of carbonyl (C=O) groups excluding carboxylic acids is 1. The summed E-state index contributed by atoms with van der Waals surface area (Å²) in [6.07, 6.45) is 1.02. The third-order valence-electron chi connectivity index (χ3n) is 3.56. The summed E-state index contributed by atoms with van der Waals surface area (Å²) in [6.45, 7) is 0.0330. The summed E-state index contributed by atoms with van der Waals surface area (Å²) in [5.41, 5.74) is 0.252. The van der Waals surface area contributed by atoms with Gasteiger partial charge in [-0.2, -0.15) is 0 Å². The molecule has 9 heteroatoms. The second kappa shape index (κ2) is 9.48. The molecule has 146 valence electrons. The third kappa shape index (κ3) is 6.04. The van der Waals surface area contributed by atoms with E-state index in [1.165, 1.54) is 0 Å². The molecule has 0 fully saturated rings. The number of ether oxygens (including phenoxy) is 2. The highest BCUT2D eigenvalue weighted by molar-refractivity contribution is 7.92. The van der Waals surface area contributed by atoms with Crippen molar-refractivity contribution >= 4 is 33.2 Å². The molecule has 0 heterocycles. The maximum absolute atomic E-state index is 12.2. The van der Waals surface area contributed by atoms with Crippen LogP contribution in [-0.4, -0.2) is 47.4 Å². The van der Waals surface area contributed by atoms with E-state index in [0.717, 1.165) is 10.6 Å². The quantitative estimate of drug-likeness (QED) is 0.639. The van der Waals surface area contributed by atoms with Gasteiger partial charge in [0.05, 0.1) is 30.6 Å². The van der Waals surface area contributed by atoms with Crippen molar-refractivity contribution in [1.29, 1.82) is 0 Å². The molecule has 1 N–H and O–H groups in total. The maximum atomic E-state index is 12.2. The Morgan fingerprint density at radius 2 is 1.74 bits per heavy atom. The van der Waals surface area contributed by atoms with Crippen LogP contribution in [-0.2, 0) is 14.8 Å². The van der Waals surface area contributed by atoms with E-state index in [9.17, 15) is 13.2 Å². The van der Waals surface area contributed by atoms with Gasteiger partial charge in [-0.3, -0.25) is 9.10 Å². The van der Waals surface area contributed by atoms with Crippen molar-refractivity contribution < 1.29 is 22.7 Å². The minimum absolute atomic E-state index is 0.205. The normalized spacial score (nSPS) is 10.9. The Morgan fingerprint density at radius 3 is 2.37 bits per heavy atom. The third-order valence-corrected chi connectivity index (χ3v) is 5.01. The number of para-hydroxylation sites is 3. The number of anilines is 1. The fraction of sp³-hybridized carbons (Fsp3) is 0.278. The number of sulfonamides is 1. The lowest BCUT2D eigenvalue weighted by Gasteiger charge is -2.22. The molecule has 7 nitrogen and oxygen atoms in total. The van der Waals surface area contributed by atoms with Crippen molar-refractivity contribution in [2.45, 2.75) is 0 Å². The smallest absolute Gasteiger partial charge is 0.240 e. The Hall–Kier alpha value is -2.45. The van der Waals surface area contributed by atoms with Crippen LogP contribution in [0.3, 0.4) is 0 Å². The van der Waals surface area contributed by atoms with Crippen molar-refractivity contribution in [1.82, 2.24) is 5.32 Å². The van der Waals surface area contributed by atoms with E-state index < -0.39 is 15.9 Å². The predicted molar refractivity (Wildman–Crippen MR) is 105 cm³/mol. The van der Waals surface area contributed by atoms with Crippen molar-refractivity contribution in [3.8, 4) is 11.5 Å². The lowest BCUT2D eigenvalue weighted by molar-refractivity contribution is -0.119. The van der Waals surface area contributed by atoms with Crippen LogP contribution in [0.15, 0.2) is 48.5 Å². The van der Waals surface area contributed by atoms with Crippen molar-refractivity contribution in [2.24, 2.45) is 0 Å². The van der Waals surface area contributed by atoms with E-state index in [0.29, 0.717) is 11.5 Å². The van der Waals surface area contributed by atoms with Gasteiger partial charge in [-0.25, -0.2) is 8.42 Å². The van der Waals surface area contributed by atoms with E-state index in [4.69, 9.17) is 21.1 Å². The average molecular weight is 413 g/mol. The Labute approximate surface area is 163 Å². The number of halogens is 1. The number of benzene rings is 2. The van der Waals surface area contributed by atoms with Gasteiger partial charge in [0.1, 0.15) is 13.2 Å². The van der Waals surface area contributed by atoms with Gasteiger partial charge >= 0.3 is 0 Å². The Morgan fingerprint density at radius 1 is 1.11 bits per heavy atom. The molecular formula is C18H21ClN2O5S. The molecule has 0 aliphatic heterocycles. The fourth-order valence-electron chi connectivity index (χ4n) is 2.31. The van der Waals surface area contributed by atoms with Crippen molar-refractivity contribution in [3.05, 3.63) is 53.6 Å². The molecule has 0 aliphatic carbocycles. The SMILES string of the molecule is COc1ccccc1OCCNC(=O)CN(c1ccccc1Cl)S(C)(=O)=O. The molecule has 0 atom stereocenters. The molecule has 2 rings (SSSR count). The van der Waals surface area contributed by atoms with Crippen LogP contribution in [0.2, 0.25) is 5.02 Å². The van der Waals surface area contributed by atoms with Crippen LogP contribution in [0.4, 0.5) is 5.69 Å². The van der Waals surface area contributed by atoms with E-state index in [-0.39, 0.29) is 30.4 Å².